The van der Waals surface area contributed by atoms with Gasteiger partial charge in [0.25, 0.3) is 0 Å². The summed E-state index contributed by atoms with van der Waals surface area (Å²) in [6.45, 7) is 0. The summed E-state index contributed by atoms with van der Waals surface area (Å²) in [5.41, 5.74) is 0. The zero-order valence-electron chi connectivity index (χ0n) is 9.39. The van der Waals surface area contributed by atoms with Crippen LogP contribution in [0.3, 0.4) is 0 Å². The van der Waals surface area contributed by atoms with Gasteiger partial charge in [0, 0.05) is 16.4 Å². The van der Waals surface area contributed by atoms with Crippen LogP contribution in [0.5, 0.6) is 0 Å². The summed E-state index contributed by atoms with van der Waals surface area (Å²) in [6.07, 6.45) is 2.41. The van der Waals surface area contributed by atoms with Crippen LogP contribution in [0.25, 0.3) is 0 Å². The third kappa shape index (κ3) is 3.73. The molecule has 0 aromatic carbocycles. The number of hydrogen-bond donors (Lipinski definition) is 1. The van der Waals surface area contributed by atoms with Crippen LogP contribution in [-0.2, 0) is 9.59 Å². The van der Waals surface area contributed by atoms with E-state index < -0.39 is 0 Å². The molecular weight excluding hydrogens is 336 g/mol. The standard InChI is InChI=1S/C11H11BrN2O2S2/c12-7-2-1-4-13-10(7)18-6-9(15)14-8-3-5-17-11(8)16/h1-2,4,8H,3,5-6H2,(H,14,15)/t8-/m0/s1. The third-order valence-electron chi connectivity index (χ3n) is 2.34. The van der Waals surface area contributed by atoms with Gasteiger partial charge >= 0.3 is 0 Å². The molecule has 1 aromatic rings. The van der Waals surface area contributed by atoms with Gasteiger partial charge in [-0.15, -0.1) is 0 Å². The van der Waals surface area contributed by atoms with Gasteiger partial charge in [-0.1, -0.05) is 23.5 Å². The van der Waals surface area contributed by atoms with Crippen LogP contribution in [0.1, 0.15) is 6.42 Å². The molecule has 1 aromatic heterocycles. The van der Waals surface area contributed by atoms with E-state index in [2.05, 4.69) is 26.2 Å². The van der Waals surface area contributed by atoms with E-state index in [0.717, 1.165) is 21.7 Å². The van der Waals surface area contributed by atoms with Crippen molar-refractivity contribution in [3.8, 4) is 0 Å². The molecule has 1 N–H and O–H groups in total. The van der Waals surface area contributed by atoms with Gasteiger partial charge < -0.3 is 5.32 Å². The number of pyridine rings is 1. The zero-order chi connectivity index (χ0) is 13.0. The summed E-state index contributed by atoms with van der Waals surface area (Å²) in [7, 11) is 0. The Hall–Kier alpha value is -0.530. The molecule has 0 unspecified atom stereocenters. The number of thioether (sulfide) groups is 2. The lowest BCUT2D eigenvalue weighted by Gasteiger charge is -2.09. The second-order valence-electron chi connectivity index (χ2n) is 3.66. The molecule has 0 saturated carbocycles. The number of carbonyl (C=O) groups excluding carboxylic acids is 2. The van der Waals surface area contributed by atoms with E-state index in [9.17, 15) is 9.59 Å². The lowest BCUT2D eigenvalue weighted by molar-refractivity contribution is -0.122. The third-order valence-corrected chi connectivity index (χ3v) is 5.25. The Labute approximate surface area is 122 Å². The van der Waals surface area contributed by atoms with Crippen molar-refractivity contribution in [2.45, 2.75) is 17.5 Å². The second-order valence-corrected chi connectivity index (χ2v) is 6.57. The Morgan fingerprint density at radius 1 is 1.67 bits per heavy atom. The highest BCUT2D eigenvalue weighted by atomic mass is 79.9. The van der Waals surface area contributed by atoms with Crippen molar-refractivity contribution in [1.29, 1.82) is 0 Å². The molecule has 0 bridgehead atoms. The number of rotatable bonds is 4. The van der Waals surface area contributed by atoms with Crippen molar-refractivity contribution in [2.24, 2.45) is 0 Å². The van der Waals surface area contributed by atoms with Crippen LogP contribution >= 0.6 is 39.5 Å². The lowest BCUT2D eigenvalue weighted by atomic mass is 10.2. The highest BCUT2D eigenvalue weighted by Gasteiger charge is 2.26. The number of aromatic nitrogens is 1. The summed E-state index contributed by atoms with van der Waals surface area (Å²) in [4.78, 5) is 27.2. The fourth-order valence-corrected chi connectivity index (χ4v) is 3.70. The first kappa shape index (κ1) is 13.9. The fraction of sp³-hybridized carbons (Fsp3) is 0.364. The average Bonchev–Trinajstić information content (AvgIpc) is 2.74. The molecule has 2 rings (SSSR count). The first-order chi connectivity index (χ1) is 8.66. The fourth-order valence-electron chi connectivity index (χ4n) is 1.47. The quantitative estimate of drug-likeness (QED) is 0.846. The van der Waals surface area contributed by atoms with Crippen molar-refractivity contribution in [2.75, 3.05) is 11.5 Å². The number of halogens is 1. The van der Waals surface area contributed by atoms with Gasteiger partial charge in [-0.05, 0) is 34.5 Å². The van der Waals surface area contributed by atoms with E-state index in [1.807, 2.05) is 12.1 Å². The predicted molar refractivity (Wildman–Crippen MR) is 76.7 cm³/mol. The molecule has 7 heteroatoms. The molecule has 1 fully saturated rings. The Morgan fingerprint density at radius 3 is 3.17 bits per heavy atom. The van der Waals surface area contributed by atoms with Gasteiger partial charge in [-0.2, -0.15) is 0 Å². The van der Waals surface area contributed by atoms with E-state index in [4.69, 9.17) is 0 Å². The molecule has 0 aliphatic carbocycles. The topological polar surface area (TPSA) is 59.1 Å². The molecular formula is C11H11BrN2O2S2. The molecule has 96 valence electrons. The van der Waals surface area contributed by atoms with Crippen molar-refractivity contribution in [3.05, 3.63) is 22.8 Å². The maximum atomic E-state index is 11.7. The SMILES string of the molecule is O=C(CSc1ncccc1Br)N[C@H]1CCSC1=O. The molecule has 1 saturated heterocycles. The highest BCUT2D eigenvalue weighted by molar-refractivity contribution is 9.10. The smallest absolute Gasteiger partial charge is 0.231 e. The lowest BCUT2D eigenvalue weighted by Crippen LogP contribution is -2.38. The van der Waals surface area contributed by atoms with Gasteiger partial charge in [0.15, 0.2) is 0 Å². The summed E-state index contributed by atoms with van der Waals surface area (Å²) >= 11 is 6.01. The summed E-state index contributed by atoms with van der Waals surface area (Å²) in [5.74, 6) is 0.936. The maximum absolute atomic E-state index is 11.7. The van der Waals surface area contributed by atoms with E-state index in [1.54, 1.807) is 6.20 Å². The van der Waals surface area contributed by atoms with Crippen LogP contribution in [-0.4, -0.2) is 33.6 Å². The van der Waals surface area contributed by atoms with Crippen LogP contribution < -0.4 is 5.32 Å². The van der Waals surface area contributed by atoms with Crippen LogP contribution in [0.2, 0.25) is 0 Å². The Bertz CT molecular complexity index is 470. The zero-order valence-corrected chi connectivity index (χ0v) is 12.6. The normalized spacial score (nSPS) is 18.9. The van der Waals surface area contributed by atoms with Gasteiger partial charge in [-0.3, -0.25) is 9.59 Å². The molecule has 0 radical (unpaired) electrons. The number of carbonyl (C=O) groups is 2. The molecule has 1 atom stereocenters. The minimum absolute atomic E-state index is 0.0624. The molecule has 4 nitrogen and oxygen atoms in total. The van der Waals surface area contributed by atoms with Crippen molar-refractivity contribution in [3.63, 3.8) is 0 Å². The number of amides is 1. The first-order valence-electron chi connectivity index (χ1n) is 5.36. The van der Waals surface area contributed by atoms with E-state index in [-0.39, 0.29) is 22.8 Å². The molecule has 1 amide bonds. The minimum Gasteiger partial charge on any atom is -0.345 e. The second kappa shape index (κ2) is 6.58. The van der Waals surface area contributed by atoms with Crippen molar-refractivity contribution < 1.29 is 9.59 Å². The van der Waals surface area contributed by atoms with Crippen molar-refractivity contribution in [1.82, 2.24) is 10.3 Å². The molecule has 1 aliphatic heterocycles. The molecule has 18 heavy (non-hydrogen) atoms. The van der Waals surface area contributed by atoms with Gasteiger partial charge in [0.05, 0.1) is 11.8 Å². The Kier molecular flexibility index (Phi) is 5.08. The number of nitrogens with one attached hydrogen (secondary N) is 1. The molecule has 0 spiro atoms. The molecule has 2 heterocycles. The van der Waals surface area contributed by atoms with Crippen LogP contribution in [0, 0.1) is 0 Å². The number of hydrogen-bond acceptors (Lipinski definition) is 5. The molecule has 1 aliphatic rings. The summed E-state index contributed by atoms with van der Waals surface area (Å²) in [6, 6.07) is 3.39. The van der Waals surface area contributed by atoms with Crippen molar-refractivity contribution >= 4 is 50.5 Å². The summed E-state index contributed by atoms with van der Waals surface area (Å²) < 4.78 is 0.871. The predicted octanol–water partition coefficient (Wildman–Crippen LogP) is 2.08. The maximum Gasteiger partial charge on any atom is 0.231 e. The van der Waals surface area contributed by atoms with Gasteiger partial charge in [0.2, 0.25) is 11.0 Å². The first-order valence-corrected chi connectivity index (χ1v) is 8.12. The minimum atomic E-state index is -0.310. The van der Waals surface area contributed by atoms with Gasteiger partial charge in [0.1, 0.15) is 5.03 Å². The number of nitrogens with zero attached hydrogens (tertiary/aromatic N) is 1. The monoisotopic (exact) mass is 346 g/mol. The summed E-state index contributed by atoms with van der Waals surface area (Å²) in [5, 5.41) is 3.59. The average molecular weight is 347 g/mol. The highest BCUT2D eigenvalue weighted by Crippen LogP contribution is 2.24. The van der Waals surface area contributed by atoms with E-state index in [1.165, 1.54) is 23.5 Å². The van der Waals surface area contributed by atoms with E-state index in [0.29, 0.717) is 0 Å². The Morgan fingerprint density at radius 2 is 2.50 bits per heavy atom. The van der Waals surface area contributed by atoms with Gasteiger partial charge in [-0.25, -0.2) is 4.98 Å². The van der Waals surface area contributed by atoms with Crippen LogP contribution in [0.15, 0.2) is 27.8 Å². The van der Waals surface area contributed by atoms with Crippen LogP contribution in [0.4, 0.5) is 0 Å². The Balaban J connectivity index is 1.82. The van der Waals surface area contributed by atoms with E-state index >= 15 is 0 Å². The largest absolute Gasteiger partial charge is 0.345 e.